The molecule has 0 saturated heterocycles. The second-order valence-electron chi connectivity index (χ2n) is 5.97. The van der Waals surface area contributed by atoms with Gasteiger partial charge in [0.05, 0.1) is 12.2 Å². The van der Waals surface area contributed by atoms with Crippen molar-refractivity contribution in [1.82, 2.24) is 15.8 Å². The average molecular weight is 347 g/mol. The van der Waals surface area contributed by atoms with Crippen LogP contribution in [0.15, 0.2) is 38.7 Å². The van der Waals surface area contributed by atoms with E-state index in [-0.39, 0.29) is 0 Å². The van der Waals surface area contributed by atoms with Gasteiger partial charge in [0.2, 0.25) is 0 Å². The Kier molecular flexibility index (Phi) is 6.73. The third kappa shape index (κ3) is 5.03. The number of guanidine groups is 1. The Balaban J connectivity index is 1.90. The number of aryl methyl sites for hydroxylation is 1. The van der Waals surface area contributed by atoms with E-state index in [0.717, 1.165) is 24.0 Å². The molecule has 0 fully saturated rings. The Bertz CT molecular complexity index is 694. The van der Waals surface area contributed by atoms with Gasteiger partial charge in [0.15, 0.2) is 11.7 Å². The summed E-state index contributed by atoms with van der Waals surface area (Å²) in [6.45, 7) is 7.59. The summed E-state index contributed by atoms with van der Waals surface area (Å²) in [6.07, 6.45) is 2.10. The van der Waals surface area contributed by atoms with Crippen molar-refractivity contribution in [3.8, 4) is 0 Å². The van der Waals surface area contributed by atoms with Crippen LogP contribution < -0.4 is 10.6 Å². The first-order valence-corrected chi connectivity index (χ1v) is 9.29. The van der Waals surface area contributed by atoms with Crippen LogP contribution in [0.3, 0.4) is 0 Å². The Hall–Kier alpha value is -1.95. The van der Waals surface area contributed by atoms with Crippen molar-refractivity contribution in [2.45, 2.75) is 44.7 Å². The second kappa shape index (κ2) is 8.78. The van der Waals surface area contributed by atoms with Crippen LogP contribution in [0.5, 0.6) is 0 Å². The minimum absolute atomic E-state index is 0.367. The maximum atomic E-state index is 5.33. The van der Waals surface area contributed by atoms with Gasteiger partial charge in [0, 0.05) is 24.6 Å². The van der Waals surface area contributed by atoms with E-state index in [4.69, 9.17) is 4.52 Å². The van der Waals surface area contributed by atoms with E-state index in [1.165, 1.54) is 16.0 Å². The molecule has 1 heterocycles. The molecule has 0 atom stereocenters. The highest BCUT2D eigenvalue weighted by atomic mass is 32.2. The number of hydrogen-bond donors (Lipinski definition) is 2. The number of thioether (sulfide) groups is 1. The van der Waals surface area contributed by atoms with Gasteiger partial charge in [-0.2, -0.15) is 0 Å². The third-order valence-electron chi connectivity index (χ3n) is 3.71. The number of hydrogen-bond acceptors (Lipinski definition) is 4. The largest absolute Gasteiger partial charge is 0.359 e. The van der Waals surface area contributed by atoms with E-state index in [2.05, 4.69) is 66.0 Å². The fourth-order valence-corrected chi connectivity index (χ4v) is 2.96. The molecule has 1 aromatic carbocycles. The summed E-state index contributed by atoms with van der Waals surface area (Å²) in [5, 5.41) is 10.7. The Morgan fingerprint density at radius 2 is 2.00 bits per heavy atom. The molecule has 0 saturated carbocycles. The zero-order valence-electron chi connectivity index (χ0n) is 15.0. The van der Waals surface area contributed by atoms with Crippen molar-refractivity contribution in [2.75, 3.05) is 13.3 Å². The van der Waals surface area contributed by atoms with Crippen molar-refractivity contribution in [1.29, 1.82) is 0 Å². The zero-order chi connectivity index (χ0) is 17.5. The molecular weight excluding hydrogens is 320 g/mol. The summed E-state index contributed by atoms with van der Waals surface area (Å²) in [5.74, 6) is 1.92. The van der Waals surface area contributed by atoms with Crippen molar-refractivity contribution in [2.24, 2.45) is 4.99 Å². The lowest BCUT2D eigenvalue weighted by atomic mass is 10.1. The van der Waals surface area contributed by atoms with Gasteiger partial charge in [-0.05, 0) is 36.3 Å². The Morgan fingerprint density at radius 3 is 2.62 bits per heavy atom. The molecule has 0 aliphatic rings. The lowest BCUT2D eigenvalue weighted by molar-refractivity contribution is 0.372. The molecule has 5 nitrogen and oxygen atoms in total. The normalized spacial score (nSPS) is 11.8. The minimum Gasteiger partial charge on any atom is -0.359 e. The average Bonchev–Trinajstić information content (AvgIpc) is 3.05. The van der Waals surface area contributed by atoms with Gasteiger partial charge in [-0.25, -0.2) is 0 Å². The van der Waals surface area contributed by atoms with Gasteiger partial charge >= 0.3 is 0 Å². The van der Waals surface area contributed by atoms with Crippen LogP contribution in [0.4, 0.5) is 0 Å². The molecule has 2 rings (SSSR count). The molecule has 0 radical (unpaired) electrons. The van der Waals surface area contributed by atoms with Gasteiger partial charge in [0.25, 0.3) is 0 Å². The second-order valence-corrected chi connectivity index (χ2v) is 6.82. The smallest absolute Gasteiger partial charge is 0.191 e. The molecule has 0 bridgehead atoms. The van der Waals surface area contributed by atoms with Crippen LogP contribution in [0.2, 0.25) is 0 Å². The Morgan fingerprint density at radius 1 is 1.25 bits per heavy atom. The molecule has 0 aliphatic carbocycles. The maximum absolute atomic E-state index is 5.33. The summed E-state index contributed by atoms with van der Waals surface area (Å²) < 4.78 is 5.33. The molecule has 0 unspecified atom stereocenters. The van der Waals surface area contributed by atoms with Crippen LogP contribution in [0.1, 0.15) is 42.3 Å². The minimum atomic E-state index is 0.367. The first kappa shape index (κ1) is 18.4. The number of aromatic nitrogens is 1. The third-order valence-corrected chi connectivity index (χ3v) is 4.53. The van der Waals surface area contributed by atoms with E-state index in [1.54, 1.807) is 18.8 Å². The molecule has 0 aliphatic heterocycles. The van der Waals surface area contributed by atoms with Gasteiger partial charge < -0.3 is 15.2 Å². The summed E-state index contributed by atoms with van der Waals surface area (Å²) in [5.41, 5.74) is 3.51. The first-order chi connectivity index (χ1) is 11.5. The van der Waals surface area contributed by atoms with Crippen molar-refractivity contribution in [3.05, 3.63) is 46.8 Å². The van der Waals surface area contributed by atoms with E-state index < -0.39 is 0 Å². The quantitative estimate of drug-likeness (QED) is 0.474. The van der Waals surface area contributed by atoms with E-state index in [9.17, 15) is 0 Å². The van der Waals surface area contributed by atoms with E-state index >= 15 is 0 Å². The zero-order valence-corrected chi connectivity index (χ0v) is 15.8. The highest BCUT2D eigenvalue weighted by Crippen LogP contribution is 2.21. The molecule has 0 amide bonds. The summed E-state index contributed by atoms with van der Waals surface area (Å²) >= 11 is 1.76. The fourth-order valence-electron chi connectivity index (χ4n) is 2.25. The number of rotatable bonds is 6. The molecule has 2 N–H and O–H groups in total. The molecule has 2 aromatic rings. The summed E-state index contributed by atoms with van der Waals surface area (Å²) in [7, 11) is 1.76. The first-order valence-electron chi connectivity index (χ1n) is 8.07. The fraction of sp³-hybridized carbons (Fsp3) is 0.444. The monoisotopic (exact) mass is 346 g/mol. The standard InChI is InChI=1S/C18H26N4OS/c1-12(2)16-9-15(23-22-16)11-21-18(19-4)20-10-14-7-6-13(3)8-17(14)24-5/h6-9,12H,10-11H2,1-5H3,(H2,19,20,21). The van der Waals surface area contributed by atoms with Crippen LogP contribution in [-0.2, 0) is 13.1 Å². The highest BCUT2D eigenvalue weighted by Gasteiger charge is 2.08. The predicted octanol–water partition coefficient (Wildman–Crippen LogP) is 3.69. The van der Waals surface area contributed by atoms with Gasteiger partial charge in [-0.15, -0.1) is 11.8 Å². The van der Waals surface area contributed by atoms with E-state index in [1.807, 2.05) is 6.07 Å². The van der Waals surface area contributed by atoms with Gasteiger partial charge in [-0.3, -0.25) is 4.99 Å². The van der Waals surface area contributed by atoms with Crippen LogP contribution >= 0.6 is 11.8 Å². The number of benzene rings is 1. The van der Waals surface area contributed by atoms with Crippen molar-refractivity contribution >= 4 is 17.7 Å². The molecular formula is C18H26N4OS. The van der Waals surface area contributed by atoms with Crippen molar-refractivity contribution < 1.29 is 4.52 Å². The molecule has 0 spiro atoms. The summed E-state index contributed by atoms with van der Waals surface area (Å²) in [4.78, 5) is 5.55. The lowest BCUT2D eigenvalue weighted by Gasteiger charge is -2.13. The van der Waals surface area contributed by atoms with Gasteiger partial charge in [-0.1, -0.05) is 31.1 Å². The van der Waals surface area contributed by atoms with Crippen LogP contribution in [0, 0.1) is 6.92 Å². The molecule has 1 aromatic heterocycles. The number of nitrogens with one attached hydrogen (secondary N) is 2. The molecule has 130 valence electrons. The maximum Gasteiger partial charge on any atom is 0.191 e. The number of nitrogens with zero attached hydrogens (tertiary/aromatic N) is 2. The Labute approximate surface area is 148 Å². The van der Waals surface area contributed by atoms with E-state index in [0.29, 0.717) is 12.5 Å². The van der Waals surface area contributed by atoms with Crippen molar-refractivity contribution in [3.63, 3.8) is 0 Å². The SMILES string of the molecule is CN=C(NCc1cc(C(C)C)no1)NCc1ccc(C)cc1SC. The highest BCUT2D eigenvalue weighted by molar-refractivity contribution is 7.98. The molecule has 24 heavy (non-hydrogen) atoms. The lowest BCUT2D eigenvalue weighted by Crippen LogP contribution is -2.36. The predicted molar refractivity (Wildman–Crippen MR) is 101 cm³/mol. The van der Waals surface area contributed by atoms with Crippen LogP contribution in [0.25, 0.3) is 0 Å². The molecule has 6 heteroatoms. The van der Waals surface area contributed by atoms with Crippen LogP contribution in [-0.4, -0.2) is 24.4 Å². The topological polar surface area (TPSA) is 62.5 Å². The van der Waals surface area contributed by atoms with Gasteiger partial charge in [0.1, 0.15) is 0 Å². The summed E-state index contributed by atoms with van der Waals surface area (Å²) in [6, 6.07) is 8.48. The number of aliphatic imine (C=N–C) groups is 1.